The number of amides is 2. The van der Waals surface area contributed by atoms with Gasteiger partial charge in [0.1, 0.15) is 5.75 Å². The summed E-state index contributed by atoms with van der Waals surface area (Å²) >= 11 is 5.77. The fourth-order valence-electron chi connectivity index (χ4n) is 2.54. The molecule has 0 N–H and O–H groups in total. The van der Waals surface area contributed by atoms with Crippen LogP contribution in [0.5, 0.6) is 5.75 Å². The van der Waals surface area contributed by atoms with Gasteiger partial charge >= 0.3 is 0 Å². The Morgan fingerprint density at radius 2 is 1.75 bits per heavy atom. The van der Waals surface area contributed by atoms with E-state index in [1.807, 2.05) is 6.07 Å². The van der Waals surface area contributed by atoms with Crippen molar-refractivity contribution in [3.8, 4) is 5.75 Å². The molecule has 122 valence electrons. The highest BCUT2D eigenvalue weighted by Gasteiger charge is 2.42. The Kier molecular flexibility index (Phi) is 4.62. The van der Waals surface area contributed by atoms with E-state index in [1.54, 1.807) is 48.5 Å². The first-order valence-corrected chi connectivity index (χ1v) is 7.76. The smallest absolute Gasteiger partial charge is 0.297 e. The molecule has 0 radical (unpaired) electrons. The second-order valence-corrected chi connectivity index (χ2v) is 5.82. The lowest BCUT2D eigenvalue weighted by Crippen LogP contribution is -2.37. The number of halogens is 1. The van der Waals surface area contributed by atoms with Gasteiger partial charge in [0, 0.05) is 11.6 Å². The van der Waals surface area contributed by atoms with Gasteiger partial charge in [-0.1, -0.05) is 41.9 Å². The number of likely N-dealkylation sites (tertiary alicyclic amines) is 1. The van der Waals surface area contributed by atoms with Crippen LogP contribution < -0.4 is 4.74 Å². The van der Waals surface area contributed by atoms with Gasteiger partial charge in [0.2, 0.25) is 5.78 Å². The summed E-state index contributed by atoms with van der Waals surface area (Å²) in [7, 11) is 0. The number of ketones is 1. The standard InChI is InChI=1S/C18H14ClNO4/c19-13-6-8-14(9-7-13)24-11-16(21)20-10-15(17(22)18(20)23)12-4-2-1-3-5-12/h1-9,15H,10-11H2/t15-/m1/s1. The van der Waals surface area contributed by atoms with E-state index >= 15 is 0 Å². The predicted molar refractivity (Wildman–Crippen MR) is 87.9 cm³/mol. The average Bonchev–Trinajstić information content (AvgIpc) is 2.90. The molecule has 2 amide bonds. The number of benzene rings is 2. The van der Waals surface area contributed by atoms with Crippen molar-refractivity contribution in [2.45, 2.75) is 5.92 Å². The number of nitrogens with zero attached hydrogens (tertiary/aromatic N) is 1. The Balaban J connectivity index is 1.66. The van der Waals surface area contributed by atoms with E-state index in [-0.39, 0.29) is 13.2 Å². The summed E-state index contributed by atoms with van der Waals surface area (Å²) in [5.41, 5.74) is 0.727. The van der Waals surface area contributed by atoms with Gasteiger partial charge in [0.15, 0.2) is 6.61 Å². The number of hydrogen-bond acceptors (Lipinski definition) is 4. The van der Waals surface area contributed by atoms with Gasteiger partial charge in [0.05, 0.1) is 5.92 Å². The number of rotatable bonds is 4. The molecule has 1 heterocycles. The number of ether oxygens (including phenoxy) is 1. The molecular formula is C18H14ClNO4. The van der Waals surface area contributed by atoms with E-state index in [0.29, 0.717) is 10.8 Å². The van der Waals surface area contributed by atoms with E-state index in [4.69, 9.17) is 16.3 Å². The predicted octanol–water partition coefficient (Wildman–Crippen LogP) is 2.44. The van der Waals surface area contributed by atoms with Crippen molar-refractivity contribution in [3.05, 3.63) is 65.2 Å². The zero-order chi connectivity index (χ0) is 17.1. The number of Topliss-reactive ketones (excluding diaryl/α,β-unsaturated/α-hetero) is 1. The topological polar surface area (TPSA) is 63.7 Å². The SMILES string of the molecule is O=C1C(=O)N(C(=O)COc2ccc(Cl)cc2)C[C@@H]1c1ccccc1. The molecule has 1 aliphatic heterocycles. The summed E-state index contributed by atoms with van der Waals surface area (Å²) in [6.45, 7) is -0.271. The Hall–Kier alpha value is -2.66. The monoisotopic (exact) mass is 343 g/mol. The Morgan fingerprint density at radius 3 is 2.42 bits per heavy atom. The lowest BCUT2D eigenvalue weighted by Gasteiger charge is -2.14. The van der Waals surface area contributed by atoms with Crippen LogP contribution in [0.1, 0.15) is 11.5 Å². The van der Waals surface area contributed by atoms with Crippen molar-refractivity contribution in [2.24, 2.45) is 0 Å². The Morgan fingerprint density at radius 1 is 1.08 bits per heavy atom. The quantitative estimate of drug-likeness (QED) is 0.800. The van der Waals surface area contributed by atoms with Crippen LogP contribution in [0.4, 0.5) is 0 Å². The van der Waals surface area contributed by atoms with Crippen LogP contribution >= 0.6 is 11.6 Å². The molecule has 0 saturated carbocycles. The zero-order valence-corrected chi connectivity index (χ0v) is 13.4. The van der Waals surface area contributed by atoms with Crippen molar-refractivity contribution < 1.29 is 19.1 Å². The molecule has 1 aliphatic rings. The van der Waals surface area contributed by atoms with Crippen LogP contribution in [0.25, 0.3) is 0 Å². The fraction of sp³-hybridized carbons (Fsp3) is 0.167. The second-order valence-electron chi connectivity index (χ2n) is 5.38. The molecule has 0 unspecified atom stereocenters. The van der Waals surface area contributed by atoms with E-state index in [1.165, 1.54) is 0 Å². The van der Waals surface area contributed by atoms with Gasteiger partial charge < -0.3 is 4.74 Å². The van der Waals surface area contributed by atoms with Gasteiger partial charge in [-0.2, -0.15) is 0 Å². The summed E-state index contributed by atoms with van der Waals surface area (Å²) in [5, 5.41) is 0.555. The third-order valence-corrected chi connectivity index (χ3v) is 4.07. The molecule has 1 saturated heterocycles. The molecule has 0 spiro atoms. The Bertz CT molecular complexity index is 773. The van der Waals surface area contributed by atoms with E-state index < -0.39 is 23.5 Å². The molecule has 2 aromatic rings. The molecule has 0 aliphatic carbocycles. The lowest BCUT2D eigenvalue weighted by molar-refractivity contribution is -0.148. The third kappa shape index (κ3) is 3.31. The Labute approximate surface area is 143 Å². The van der Waals surface area contributed by atoms with Crippen LogP contribution in [0.2, 0.25) is 5.02 Å². The summed E-state index contributed by atoms with van der Waals surface area (Å²) in [4.78, 5) is 37.4. The van der Waals surface area contributed by atoms with Gasteiger partial charge in [-0.15, -0.1) is 0 Å². The molecular weight excluding hydrogens is 330 g/mol. The lowest BCUT2D eigenvalue weighted by atomic mass is 9.97. The minimum Gasteiger partial charge on any atom is -0.484 e. The van der Waals surface area contributed by atoms with Crippen LogP contribution in [-0.4, -0.2) is 35.6 Å². The normalized spacial score (nSPS) is 17.2. The highest BCUT2D eigenvalue weighted by Crippen LogP contribution is 2.25. The number of carbonyl (C=O) groups excluding carboxylic acids is 3. The number of hydrogen-bond donors (Lipinski definition) is 0. The minimum absolute atomic E-state index is 0.0461. The van der Waals surface area contributed by atoms with Crippen molar-refractivity contribution in [2.75, 3.05) is 13.2 Å². The first-order valence-electron chi connectivity index (χ1n) is 7.38. The summed E-state index contributed by atoms with van der Waals surface area (Å²) in [5.74, 6) is -2.04. The fourth-order valence-corrected chi connectivity index (χ4v) is 2.67. The van der Waals surface area contributed by atoms with E-state index in [2.05, 4.69) is 0 Å². The number of imide groups is 1. The third-order valence-electron chi connectivity index (χ3n) is 3.82. The van der Waals surface area contributed by atoms with Gasteiger partial charge in [-0.05, 0) is 29.8 Å². The molecule has 1 atom stereocenters. The zero-order valence-electron chi connectivity index (χ0n) is 12.6. The van der Waals surface area contributed by atoms with Crippen molar-refractivity contribution >= 4 is 29.2 Å². The van der Waals surface area contributed by atoms with E-state index in [9.17, 15) is 14.4 Å². The van der Waals surface area contributed by atoms with Crippen LogP contribution in [0.3, 0.4) is 0 Å². The number of carbonyl (C=O) groups is 3. The summed E-state index contributed by atoms with van der Waals surface area (Å²) in [6, 6.07) is 15.5. The highest BCUT2D eigenvalue weighted by atomic mass is 35.5. The maximum absolute atomic E-state index is 12.2. The first-order chi connectivity index (χ1) is 11.6. The van der Waals surface area contributed by atoms with Gasteiger partial charge in [0.25, 0.3) is 11.8 Å². The highest BCUT2D eigenvalue weighted by molar-refractivity contribution is 6.42. The molecule has 3 rings (SSSR count). The minimum atomic E-state index is -0.784. The summed E-state index contributed by atoms with van der Waals surface area (Å²) < 4.78 is 5.35. The van der Waals surface area contributed by atoms with Crippen molar-refractivity contribution in [3.63, 3.8) is 0 Å². The summed E-state index contributed by atoms with van der Waals surface area (Å²) in [6.07, 6.45) is 0. The maximum Gasteiger partial charge on any atom is 0.297 e. The van der Waals surface area contributed by atoms with Crippen molar-refractivity contribution in [1.29, 1.82) is 0 Å². The molecule has 24 heavy (non-hydrogen) atoms. The molecule has 2 aromatic carbocycles. The van der Waals surface area contributed by atoms with Crippen LogP contribution in [0, 0.1) is 0 Å². The van der Waals surface area contributed by atoms with Crippen LogP contribution in [-0.2, 0) is 14.4 Å². The van der Waals surface area contributed by atoms with Gasteiger partial charge in [-0.3, -0.25) is 19.3 Å². The molecule has 6 heteroatoms. The molecule has 1 fully saturated rings. The van der Waals surface area contributed by atoms with Crippen molar-refractivity contribution in [1.82, 2.24) is 4.90 Å². The first kappa shape index (κ1) is 16.2. The second kappa shape index (κ2) is 6.84. The average molecular weight is 344 g/mol. The molecule has 0 aromatic heterocycles. The van der Waals surface area contributed by atoms with E-state index in [0.717, 1.165) is 10.5 Å². The molecule has 5 nitrogen and oxygen atoms in total. The maximum atomic E-state index is 12.2. The van der Waals surface area contributed by atoms with Crippen LogP contribution in [0.15, 0.2) is 54.6 Å². The molecule has 0 bridgehead atoms. The van der Waals surface area contributed by atoms with Gasteiger partial charge in [-0.25, -0.2) is 0 Å². The largest absolute Gasteiger partial charge is 0.484 e.